The van der Waals surface area contributed by atoms with Crippen LogP contribution in [0.25, 0.3) is 0 Å². The van der Waals surface area contributed by atoms with E-state index < -0.39 is 0 Å². The first kappa shape index (κ1) is 10.7. The van der Waals surface area contributed by atoms with Crippen molar-refractivity contribution in [1.29, 1.82) is 0 Å². The quantitative estimate of drug-likeness (QED) is 0.656. The van der Waals surface area contributed by atoms with E-state index in [1.807, 2.05) is 4.90 Å². The summed E-state index contributed by atoms with van der Waals surface area (Å²) in [5.41, 5.74) is 1.41. The second-order valence-electron chi connectivity index (χ2n) is 4.78. The number of carbonyl (C=O) groups excluding carboxylic acids is 1. The Bertz CT molecular complexity index is 285. The Hall–Kier alpha value is -0.830. The Labute approximate surface area is 91.5 Å². The summed E-state index contributed by atoms with van der Waals surface area (Å²) in [5.74, 6) is 0.785. The fourth-order valence-electron chi connectivity index (χ4n) is 2.33. The van der Waals surface area contributed by atoms with Crippen LogP contribution >= 0.6 is 0 Å². The van der Waals surface area contributed by atoms with Gasteiger partial charge in [0.25, 0.3) is 0 Å². The molecule has 0 bridgehead atoms. The monoisotopic (exact) mass is 208 g/mol. The van der Waals surface area contributed by atoms with Gasteiger partial charge in [0.05, 0.1) is 6.04 Å². The maximum Gasteiger partial charge on any atom is 0.240 e. The average Bonchev–Trinajstić information content (AvgIpc) is 2.65. The van der Waals surface area contributed by atoms with Crippen molar-refractivity contribution in [2.45, 2.75) is 32.7 Å². The predicted octanol–water partition coefficient (Wildman–Crippen LogP) is 1.16. The van der Waals surface area contributed by atoms with E-state index in [-0.39, 0.29) is 6.04 Å². The number of hydrogen-bond donors (Lipinski definition) is 1. The first-order chi connectivity index (χ1) is 7.18. The highest BCUT2D eigenvalue weighted by Crippen LogP contribution is 2.18. The van der Waals surface area contributed by atoms with Gasteiger partial charge in [-0.3, -0.25) is 4.79 Å². The Balaban J connectivity index is 1.96. The molecule has 1 fully saturated rings. The van der Waals surface area contributed by atoms with Crippen LogP contribution in [0.1, 0.15) is 26.7 Å². The van der Waals surface area contributed by atoms with E-state index >= 15 is 0 Å². The van der Waals surface area contributed by atoms with Gasteiger partial charge in [-0.2, -0.15) is 0 Å². The number of nitrogens with zero attached hydrogens (tertiary/aromatic N) is 1. The molecule has 0 aliphatic carbocycles. The van der Waals surface area contributed by atoms with Gasteiger partial charge < -0.3 is 10.2 Å². The Morgan fingerprint density at radius 2 is 2.40 bits per heavy atom. The number of nitrogens with one attached hydrogen (secondary N) is 1. The minimum Gasteiger partial charge on any atom is -0.337 e. The standard InChI is InChI=1S/C12H20N2O/c1-9-4-7-14(8-5-9)12(15)11-10(2)3-6-13-11/h4,10-11,13H,3,5-8H2,1-2H3. The SMILES string of the molecule is CC1=CCN(C(=O)C2NCCC2C)CC1. The van der Waals surface area contributed by atoms with E-state index in [1.165, 1.54) is 5.57 Å². The third-order valence-corrected chi connectivity index (χ3v) is 3.55. The molecule has 0 radical (unpaired) electrons. The lowest BCUT2D eigenvalue weighted by Crippen LogP contribution is -2.47. The third-order valence-electron chi connectivity index (χ3n) is 3.55. The second-order valence-corrected chi connectivity index (χ2v) is 4.78. The van der Waals surface area contributed by atoms with Gasteiger partial charge in [0.15, 0.2) is 0 Å². The van der Waals surface area contributed by atoms with E-state index in [4.69, 9.17) is 0 Å². The van der Waals surface area contributed by atoms with E-state index in [0.29, 0.717) is 11.8 Å². The summed E-state index contributed by atoms with van der Waals surface area (Å²) in [5, 5.41) is 3.30. The molecule has 1 saturated heterocycles. The Kier molecular flexibility index (Phi) is 3.10. The molecule has 0 aromatic carbocycles. The zero-order valence-corrected chi connectivity index (χ0v) is 9.62. The van der Waals surface area contributed by atoms with Crippen LogP contribution in [-0.4, -0.2) is 36.5 Å². The molecule has 0 aromatic heterocycles. The van der Waals surface area contributed by atoms with Gasteiger partial charge in [-0.05, 0) is 32.2 Å². The maximum absolute atomic E-state index is 12.2. The fourth-order valence-corrected chi connectivity index (χ4v) is 2.33. The molecule has 15 heavy (non-hydrogen) atoms. The van der Waals surface area contributed by atoms with Gasteiger partial charge in [0, 0.05) is 13.1 Å². The highest BCUT2D eigenvalue weighted by molar-refractivity contribution is 5.82. The van der Waals surface area contributed by atoms with Crippen LogP contribution in [0.5, 0.6) is 0 Å². The Morgan fingerprint density at radius 1 is 1.60 bits per heavy atom. The van der Waals surface area contributed by atoms with Crippen LogP contribution in [0, 0.1) is 5.92 Å². The average molecular weight is 208 g/mol. The van der Waals surface area contributed by atoms with Gasteiger partial charge >= 0.3 is 0 Å². The van der Waals surface area contributed by atoms with Gasteiger partial charge in [0.2, 0.25) is 5.91 Å². The zero-order valence-electron chi connectivity index (χ0n) is 9.62. The van der Waals surface area contributed by atoms with Crippen molar-refractivity contribution >= 4 is 5.91 Å². The molecule has 3 nitrogen and oxygen atoms in total. The highest BCUT2D eigenvalue weighted by atomic mass is 16.2. The molecule has 2 unspecified atom stereocenters. The van der Waals surface area contributed by atoms with Crippen molar-refractivity contribution in [3.8, 4) is 0 Å². The van der Waals surface area contributed by atoms with E-state index in [1.54, 1.807) is 0 Å². The minimum atomic E-state index is 0.0665. The lowest BCUT2D eigenvalue weighted by molar-refractivity contribution is -0.133. The van der Waals surface area contributed by atoms with Crippen LogP contribution in [0.15, 0.2) is 11.6 Å². The summed E-state index contributed by atoms with van der Waals surface area (Å²) in [6.45, 7) is 6.98. The van der Waals surface area contributed by atoms with Gasteiger partial charge in [0.1, 0.15) is 0 Å². The van der Waals surface area contributed by atoms with Crippen LogP contribution in [0.2, 0.25) is 0 Å². The minimum absolute atomic E-state index is 0.0665. The molecule has 0 spiro atoms. The molecule has 0 aromatic rings. The molecule has 2 heterocycles. The van der Waals surface area contributed by atoms with Crippen LogP contribution in [-0.2, 0) is 4.79 Å². The van der Waals surface area contributed by atoms with Crippen molar-refractivity contribution in [3.05, 3.63) is 11.6 Å². The summed E-state index contributed by atoms with van der Waals surface area (Å²) in [6.07, 6.45) is 4.33. The first-order valence-electron chi connectivity index (χ1n) is 5.86. The van der Waals surface area contributed by atoms with Crippen LogP contribution in [0.3, 0.4) is 0 Å². The summed E-state index contributed by atoms with van der Waals surface area (Å²) >= 11 is 0. The summed E-state index contributed by atoms with van der Waals surface area (Å²) < 4.78 is 0. The molecule has 3 heteroatoms. The lowest BCUT2D eigenvalue weighted by Gasteiger charge is -2.29. The molecular weight excluding hydrogens is 188 g/mol. The van der Waals surface area contributed by atoms with Gasteiger partial charge in [-0.15, -0.1) is 0 Å². The number of hydrogen-bond acceptors (Lipinski definition) is 2. The van der Waals surface area contributed by atoms with Crippen LogP contribution in [0.4, 0.5) is 0 Å². The molecule has 2 aliphatic heterocycles. The maximum atomic E-state index is 12.2. The second kappa shape index (κ2) is 4.35. The fraction of sp³-hybridized carbons (Fsp3) is 0.750. The Morgan fingerprint density at radius 3 is 2.93 bits per heavy atom. The van der Waals surface area contributed by atoms with Crippen molar-refractivity contribution in [2.24, 2.45) is 5.92 Å². The molecule has 84 valence electrons. The number of amides is 1. The molecule has 1 amide bonds. The molecule has 2 rings (SSSR count). The van der Waals surface area contributed by atoms with Crippen molar-refractivity contribution < 1.29 is 4.79 Å². The molecular formula is C12H20N2O. The van der Waals surface area contributed by atoms with Crippen molar-refractivity contribution in [2.75, 3.05) is 19.6 Å². The number of carbonyl (C=O) groups is 1. The van der Waals surface area contributed by atoms with E-state index in [2.05, 4.69) is 25.2 Å². The van der Waals surface area contributed by atoms with Gasteiger partial charge in [-0.25, -0.2) is 0 Å². The van der Waals surface area contributed by atoms with Crippen molar-refractivity contribution in [3.63, 3.8) is 0 Å². The molecule has 2 aliphatic rings. The molecule has 2 atom stereocenters. The summed E-state index contributed by atoms with van der Waals surface area (Å²) in [7, 11) is 0. The predicted molar refractivity (Wildman–Crippen MR) is 60.5 cm³/mol. The third kappa shape index (κ3) is 2.23. The summed E-state index contributed by atoms with van der Waals surface area (Å²) in [4.78, 5) is 14.1. The van der Waals surface area contributed by atoms with E-state index in [0.717, 1.165) is 32.5 Å². The highest BCUT2D eigenvalue weighted by Gasteiger charge is 2.32. The first-order valence-corrected chi connectivity index (χ1v) is 5.86. The van der Waals surface area contributed by atoms with Crippen molar-refractivity contribution in [1.82, 2.24) is 10.2 Å². The molecule has 0 saturated carbocycles. The number of rotatable bonds is 1. The largest absolute Gasteiger partial charge is 0.337 e. The zero-order chi connectivity index (χ0) is 10.8. The van der Waals surface area contributed by atoms with Gasteiger partial charge in [-0.1, -0.05) is 18.6 Å². The molecule has 1 N–H and O–H groups in total. The van der Waals surface area contributed by atoms with E-state index in [9.17, 15) is 4.79 Å². The summed E-state index contributed by atoms with van der Waals surface area (Å²) in [6, 6.07) is 0.0665. The normalized spacial score (nSPS) is 31.6. The smallest absolute Gasteiger partial charge is 0.240 e. The topological polar surface area (TPSA) is 32.3 Å². The van der Waals surface area contributed by atoms with Crippen LogP contribution < -0.4 is 5.32 Å². The lowest BCUT2D eigenvalue weighted by atomic mass is 10.0.